The summed E-state index contributed by atoms with van der Waals surface area (Å²) < 4.78 is 1.71. The summed E-state index contributed by atoms with van der Waals surface area (Å²) >= 11 is 6.87. The highest BCUT2D eigenvalue weighted by atomic mass is 79.9. The minimum atomic E-state index is -0.235. The van der Waals surface area contributed by atoms with Crippen LogP contribution in [0.3, 0.4) is 0 Å². The molecule has 0 saturated carbocycles. The van der Waals surface area contributed by atoms with Gasteiger partial charge in [-0.3, -0.25) is 4.79 Å². The number of aromatic hydroxyl groups is 2. The summed E-state index contributed by atoms with van der Waals surface area (Å²) in [6.07, 6.45) is 0. The lowest BCUT2D eigenvalue weighted by molar-refractivity contribution is -0.748. The number of rotatable bonds is 2. The molecule has 0 aromatic heterocycles. The van der Waals surface area contributed by atoms with Crippen LogP contribution in [0.15, 0.2) is 45.3 Å². The molecule has 4 atom stereocenters. The van der Waals surface area contributed by atoms with Gasteiger partial charge in [0.15, 0.2) is 5.78 Å². The summed E-state index contributed by atoms with van der Waals surface area (Å²) in [5.41, 5.74) is 1.45. The van der Waals surface area contributed by atoms with E-state index >= 15 is 0 Å². The number of ketones is 1. The number of phenolic OH excluding ortho intramolecular Hbond substituents is 2. The van der Waals surface area contributed by atoms with E-state index in [1.54, 1.807) is 24.3 Å². The molecule has 0 unspecified atom stereocenters. The number of carbonyl (C=O) groups is 1. The SMILES string of the molecule is C[C@@H]1C(=O)[C@H](C)[C@H](c2cc(Br)ccc2O)[NH2+][C@H]1c1cc(Br)ccc1O. The first-order valence-corrected chi connectivity index (χ1v) is 9.73. The molecular formula is C19H20Br2NO3+. The van der Waals surface area contributed by atoms with Gasteiger partial charge in [-0.25, -0.2) is 0 Å². The summed E-state index contributed by atoms with van der Waals surface area (Å²) in [5, 5.41) is 22.7. The van der Waals surface area contributed by atoms with Gasteiger partial charge in [0.05, 0.1) is 23.0 Å². The summed E-state index contributed by atoms with van der Waals surface area (Å²) in [5.74, 6) is 0.0180. The zero-order valence-corrected chi connectivity index (χ0v) is 17.1. The Hall–Kier alpha value is -1.37. The van der Waals surface area contributed by atoms with Gasteiger partial charge in [-0.15, -0.1) is 0 Å². The summed E-state index contributed by atoms with van der Waals surface area (Å²) in [7, 11) is 0. The third-order valence-electron chi connectivity index (χ3n) is 5.09. The predicted molar refractivity (Wildman–Crippen MR) is 102 cm³/mol. The molecule has 1 aliphatic heterocycles. The molecule has 1 saturated heterocycles. The van der Waals surface area contributed by atoms with Gasteiger partial charge in [0.2, 0.25) is 0 Å². The number of benzene rings is 2. The highest BCUT2D eigenvalue weighted by Gasteiger charge is 2.45. The van der Waals surface area contributed by atoms with Crippen LogP contribution in [-0.4, -0.2) is 16.0 Å². The fourth-order valence-electron chi connectivity index (χ4n) is 3.66. The van der Waals surface area contributed by atoms with Gasteiger partial charge >= 0.3 is 0 Å². The van der Waals surface area contributed by atoms with Crippen LogP contribution < -0.4 is 5.32 Å². The maximum Gasteiger partial charge on any atom is 0.151 e. The first-order valence-electron chi connectivity index (χ1n) is 8.15. The fraction of sp³-hybridized carbons (Fsp3) is 0.316. The van der Waals surface area contributed by atoms with Crippen LogP contribution >= 0.6 is 31.9 Å². The molecule has 6 heteroatoms. The van der Waals surface area contributed by atoms with Crippen LogP contribution in [0.25, 0.3) is 0 Å². The van der Waals surface area contributed by atoms with Gasteiger partial charge in [0.1, 0.15) is 23.6 Å². The van der Waals surface area contributed by atoms with Crippen molar-refractivity contribution >= 4 is 37.6 Å². The van der Waals surface area contributed by atoms with Crippen LogP contribution in [0.4, 0.5) is 0 Å². The average molecular weight is 470 g/mol. The van der Waals surface area contributed by atoms with Crippen molar-refractivity contribution in [2.24, 2.45) is 11.8 Å². The van der Waals surface area contributed by atoms with E-state index in [9.17, 15) is 15.0 Å². The number of phenols is 2. The highest BCUT2D eigenvalue weighted by molar-refractivity contribution is 9.10. The largest absolute Gasteiger partial charge is 0.507 e. The number of carbonyl (C=O) groups excluding carboxylic acids is 1. The molecule has 132 valence electrons. The molecule has 2 aromatic carbocycles. The highest BCUT2D eigenvalue weighted by Crippen LogP contribution is 2.39. The first-order chi connectivity index (χ1) is 11.8. The monoisotopic (exact) mass is 468 g/mol. The normalized spacial score (nSPS) is 26.6. The number of quaternary nitrogens is 1. The van der Waals surface area contributed by atoms with Crippen LogP contribution in [0, 0.1) is 11.8 Å². The fourth-order valence-corrected chi connectivity index (χ4v) is 4.41. The Morgan fingerprint density at radius 2 is 1.24 bits per heavy atom. The number of hydrogen-bond acceptors (Lipinski definition) is 3. The van der Waals surface area contributed by atoms with Gasteiger partial charge in [-0.2, -0.15) is 0 Å². The Bertz CT molecular complexity index is 759. The van der Waals surface area contributed by atoms with Crippen LogP contribution in [0.1, 0.15) is 37.1 Å². The average Bonchev–Trinajstić information content (AvgIpc) is 2.58. The topological polar surface area (TPSA) is 74.1 Å². The smallest absolute Gasteiger partial charge is 0.151 e. The molecule has 0 bridgehead atoms. The lowest BCUT2D eigenvalue weighted by atomic mass is 9.76. The number of piperidine rings is 1. The van der Waals surface area contributed by atoms with E-state index in [0.29, 0.717) is 0 Å². The lowest BCUT2D eigenvalue weighted by Gasteiger charge is -2.36. The van der Waals surface area contributed by atoms with Crippen molar-refractivity contribution in [2.45, 2.75) is 25.9 Å². The third-order valence-corrected chi connectivity index (χ3v) is 6.07. The van der Waals surface area contributed by atoms with Crippen molar-refractivity contribution in [3.8, 4) is 11.5 Å². The number of Topliss-reactive ketones (excluding diaryl/α,β-unsaturated/α-hetero) is 1. The van der Waals surface area contributed by atoms with Crippen LogP contribution in [0.5, 0.6) is 11.5 Å². The van der Waals surface area contributed by atoms with Crippen molar-refractivity contribution in [1.82, 2.24) is 0 Å². The molecule has 0 aliphatic carbocycles. The Labute approximate surface area is 163 Å². The standard InChI is InChI=1S/C19H19Br2NO3/c1-9-17(13-7-11(20)3-5-15(13)23)22-18(10(2)19(9)25)14-8-12(21)4-6-16(14)24/h3-10,17-18,22-24H,1-2H3/p+1/t9-,10+,17-,18-/m1/s1. The Morgan fingerprint density at radius 1 is 0.840 bits per heavy atom. The summed E-state index contributed by atoms with van der Waals surface area (Å²) in [6, 6.07) is 10.1. The third kappa shape index (κ3) is 3.48. The Morgan fingerprint density at radius 3 is 1.64 bits per heavy atom. The van der Waals surface area contributed by atoms with Crippen LogP contribution in [-0.2, 0) is 4.79 Å². The zero-order valence-electron chi connectivity index (χ0n) is 13.9. The second kappa shape index (κ2) is 7.09. The molecule has 0 amide bonds. The minimum absolute atomic E-state index is 0.135. The molecule has 1 heterocycles. The molecule has 2 aromatic rings. The zero-order chi connectivity index (χ0) is 18.3. The van der Waals surface area contributed by atoms with E-state index in [2.05, 4.69) is 37.2 Å². The molecule has 1 aliphatic rings. The van der Waals surface area contributed by atoms with E-state index in [1.165, 1.54) is 0 Å². The van der Waals surface area contributed by atoms with Gasteiger partial charge in [0.25, 0.3) is 0 Å². The molecular weight excluding hydrogens is 450 g/mol. The van der Waals surface area contributed by atoms with Crippen molar-refractivity contribution in [1.29, 1.82) is 0 Å². The van der Waals surface area contributed by atoms with E-state index in [1.807, 2.05) is 26.0 Å². The van der Waals surface area contributed by atoms with Gasteiger partial charge in [0, 0.05) is 8.95 Å². The number of halogens is 2. The lowest BCUT2D eigenvalue weighted by Crippen LogP contribution is -2.91. The maximum atomic E-state index is 12.9. The molecule has 0 spiro atoms. The minimum Gasteiger partial charge on any atom is -0.507 e. The molecule has 3 rings (SSSR count). The quantitative estimate of drug-likeness (QED) is 0.625. The molecule has 4 nitrogen and oxygen atoms in total. The second-order valence-corrected chi connectivity index (χ2v) is 8.46. The van der Waals surface area contributed by atoms with Crippen molar-refractivity contribution in [3.63, 3.8) is 0 Å². The molecule has 1 fully saturated rings. The van der Waals surface area contributed by atoms with Gasteiger partial charge in [-0.1, -0.05) is 31.9 Å². The second-order valence-electron chi connectivity index (χ2n) is 6.63. The van der Waals surface area contributed by atoms with Gasteiger partial charge in [-0.05, 0) is 50.2 Å². The van der Waals surface area contributed by atoms with Crippen molar-refractivity contribution < 1.29 is 20.3 Å². The summed E-state index contributed by atoms with van der Waals surface area (Å²) in [6.45, 7) is 3.80. The summed E-state index contributed by atoms with van der Waals surface area (Å²) in [4.78, 5) is 12.9. The predicted octanol–water partition coefficient (Wildman–Crippen LogP) is 3.82. The van der Waals surface area contributed by atoms with Crippen molar-refractivity contribution in [2.75, 3.05) is 0 Å². The number of hydrogen-bond donors (Lipinski definition) is 3. The first kappa shape index (κ1) is 18.4. The number of nitrogens with two attached hydrogens (primary N) is 1. The van der Waals surface area contributed by atoms with Crippen molar-refractivity contribution in [3.05, 3.63) is 56.5 Å². The van der Waals surface area contributed by atoms with E-state index in [-0.39, 0.29) is 41.2 Å². The Kier molecular flexibility index (Phi) is 5.23. The van der Waals surface area contributed by atoms with Crippen LogP contribution in [0.2, 0.25) is 0 Å². The molecule has 4 N–H and O–H groups in total. The van der Waals surface area contributed by atoms with E-state index < -0.39 is 0 Å². The molecule has 25 heavy (non-hydrogen) atoms. The maximum absolute atomic E-state index is 12.9. The van der Waals surface area contributed by atoms with E-state index in [4.69, 9.17) is 0 Å². The van der Waals surface area contributed by atoms with E-state index in [0.717, 1.165) is 20.1 Å². The molecule has 0 radical (unpaired) electrons. The Balaban J connectivity index is 2.05. The van der Waals surface area contributed by atoms with Gasteiger partial charge < -0.3 is 15.5 Å².